The topological polar surface area (TPSA) is 54.4 Å². The second-order valence-corrected chi connectivity index (χ2v) is 5.61. The maximum absolute atomic E-state index is 10.3. The van der Waals surface area contributed by atoms with Gasteiger partial charge in [-0.05, 0) is 22.8 Å². The third-order valence-corrected chi connectivity index (χ3v) is 3.12. The molecule has 0 aromatic heterocycles. The summed E-state index contributed by atoms with van der Waals surface area (Å²) in [7, 11) is -4.00. The Labute approximate surface area is 160 Å². The number of benzene rings is 2. The molecule has 1 N–H and O–H groups in total. The van der Waals surface area contributed by atoms with E-state index in [-0.39, 0.29) is 29.6 Å². The van der Waals surface area contributed by atoms with Crippen LogP contribution in [0.3, 0.4) is 0 Å². The van der Waals surface area contributed by atoms with E-state index in [4.69, 9.17) is 4.55 Å². The fourth-order valence-electron chi connectivity index (χ4n) is 1.50. The summed E-state index contributed by atoms with van der Waals surface area (Å²) in [6.07, 6.45) is 4.98. The van der Waals surface area contributed by atoms with Gasteiger partial charge in [-0.2, -0.15) is 8.42 Å². The third-order valence-electron chi connectivity index (χ3n) is 2.64. The fourth-order valence-corrected chi connectivity index (χ4v) is 1.83. The Morgan fingerprint density at radius 2 is 1.22 bits per heavy atom. The molecule has 0 aliphatic heterocycles. The van der Waals surface area contributed by atoms with Crippen LogP contribution in [0.15, 0.2) is 73.2 Å². The fraction of sp³-hybridized carbons (Fsp3) is 0. The molecule has 0 atom stereocenters. The summed E-state index contributed by atoms with van der Waals surface area (Å²) < 4.78 is 28.9. The standard InChI is InChI=1S/C10H10.C8H8O3S.Na.H/c1-3-9-5-7-10(4-2)8-6-9;9-12(10,11)7-6-8-4-2-1-3-5-8;;/h3-8H,1-2H2;1-7H,(H,9,10,11);;. The first-order valence-electron chi connectivity index (χ1n) is 6.50. The van der Waals surface area contributed by atoms with Crippen LogP contribution in [0.5, 0.6) is 0 Å². The molecule has 0 aliphatic carbocycles. The second kappa shape index (κ2) is 11.2. The van der Waals surface area contributed by atoms with Crippen molar-refractivity contribution in [3.8, 4) is 0 Å². The molecule has 0 amide bonds. The monoisotopic (exact) mass is 338 g/mol. The molecule has 0 aliphatic rings. The molecule has 0 fully saturated rings. The minimum absolute atomic E-state index is 0. The van der Waals surface area contributed by atoms with Crippen molar-refractivity contribution in [3.63, 3.8) is 0 Å². The third kappa shape index (κ3) is 10.0. The van der Waals surface area contributed by atoms with Gasteiger partial charge in [-0.15, -0.1) is 0 Å². The predicted molar refractivity (Wildman–Crippen MR) is 101 cm³/mol. The van der Waals surface area contributed by atoms with Crippen molar-refractivity contribution in [1.82, 2.24) is 0 Å². The molecule has 5 heteroatoms. The Morgan fingerprint density at radius 1 is 0.783 bits per heavy atom. The number of hydrogen-bond acceptors (Lipinski definition) is 2. The summed E-state index contributed by atoms with van der Waals surface area (Å²) in [6, 6.07) is 16.9. The summed E-state index contributed by atoms with van der Waals surface area (Å²) in [5, 5.41) is 0.752. The zero-order valence-electron chi connectivity index (χ0n) is 12.1. The summed E-state index contributed by atoms with van der Waals surface area (Å²) in [4.78, 5) is 0. The van der Waals surface area contributed by atoms with Crippen LogP contribution in [0, 0.1) is 0 Å². The molecule has 23 heavy (non-hydrogen) atoms. The van der Waals surface area contributed by atoms with E-state index in [0.29, 0.717) is 0 Å². The SMILES string of the molecule is C=Cc1ccc(C=C)cc1.O=S(=O)(O)C=Cc1ccccc1.[NaH]. The Bertz CT molecular complexity index is 707. The van der Waals surface area contributed by atoms with E-state index < -0.39 is 10.1 Å². The van der Waals surface area contributed by atoms with Crippen molar-refractivity contribution < 1.29 is 13.0 Å². The molecular formula is C18H19NaO3S. The van der Waals surface area contributed by atoms with Crippen LogP contribution in [0.25, 0.3) is 18.2 Å². The first kappa shape index (κ1) is 21.6. The van der Waals surface area contributed by atoms with E-state index in [0.717, 1.165) is 22.1 Å². The van der Waals surface area contributed by atoms with E-state index in [2.05, 4.69) is 13.2 Å². The van der Waals surface area contributed by atoms with Crippen molar-refractivity contribution in [1.29, 1.82) is 0 Å². The minimum atomic E-state index is -4.00. The Hall–Kier alpha value is -1.43. The van der Waals surface area contributed by atoms with Crippen molar-refractivity contribution in [3.05, 3.63) is 89.9 Å². The Morgan fingerprint density at radius 3 is 1.57 bits per heavy atom. The van der Waals surface area contributed by atoms with Crippen LogP contribution in [0.1, 0.15) is 16.7 Å². The predicted octanol–water partition coefficient (Wildman–Crippen LogP) is 3.87. The van der Waals surface area contributed by atoms with E-state index in [1.165, 1.54) is 6.08 Å². The molecule has 2 rings (SSSR count). The first-order valence-corrected chi connectivity index (χ1v) is 8.00. The summed E-state index contributed by atoms with van der Waals surface area (Å²) in [5.41, 5.74) is 3.02. The van der Waals surface area contributed by atoms with Gasteiger partial charge in [0.15, 0.2) is 0 Å². The van der Waals surface area contributed by atoms with Crippen molar-refractivity contribution in [2.24, 2.45) is 0 Å². The van der Waals surface area contributed by atoms with Crippen LogP contribution in [-0.4, -0.2) is 42.5 Å². The van der Waals surface area contributed by atoms with E-state index in [1.807, 2.05) is 42.5 Å². The average molecular weight is 338 g/mol. The van der Waals surface area contributed by atoms with Gasteiger partial charge < -0.3 is 0 Å². The normalized spacial score (nSPS) is 10.1. The van der Waals surface area contributed by atoms with Gasteiger partial charge in [-0.1, -0.05) is 79.9 Å². The van der Waals surface area contributed by atoms with Crippen LogP contribution >= 0.6 is 0 Å². The van der Waals surface area contributed by atoms with Gasteiger partial charge in [-0.3, -0.25) is 4.55 Å². The van der Waals surface area contributed by atoms with Crippen LogP contribution in [-0.2, 0) is 10.1 Å². The molecule has 116 valence electrons. The van der Waals surface area contributed by atoms with Crippen LogP contribution < -0.4 is 0 Å². The van der Waals surface area contributed by atoms with Gasteiger partial charge in [-0.25, -0.2) is 0 Å². The summed E-state index contributed by atoms with van der Waals surface area (Å²) in [6.45, 7) is 7.32. The van der Waals surface area contributed by atoms with Gasteiger partial charge in [0.1, 0.15) is 0 Å². The van der Waals surface area contributed by atoms with Crippen molar-refractivity contribution in [2.45, 2.75) is 0 Å². The zero-order valence-corrected chi connectivity index (χ0v) is 12.9. The molecule has 0 spiro atoms. The molecule has 0 bridgehead atoms. The van der Waals surface area contributed by atoms with Crippen LogP contribution in [0.2, 0.25) is 0 Å². The van der Waals surface area contributed by atoms with Crippen molar-refractivity contribution >= 4 is 57.9 Å². The Balaban J connectivity index is 0.000000409. The van der Waals surface area contributed by atoms with E-state index >= 15 is 0 Å². The molecule has 3 nitrogen and oxygen atoms in total. The van der Waals surface area contributed by atoms with Gasteiger partial charge in [0.05, 0.1) is 5.41 Å². The second-order valence-electron chi connectivity index (χ2n) is 4.30. The molecule has 2 aromatic carbocycles. The van der Waals surface area contributed by atoms with Gasteiger partial charge in [0.25, 0.3) is 10.1 Å². The molecule has 0 saturated carbocycles. The molecule has 0 unspecified atom stereocenters. The van der Waals surface area contributed by atoms with Gasteiger partial charge >= 0.3 is 29.6 Å². The number of hydrogen-bond donors (Lipinski definition) is 1. The first-order chi connectivity index (χ1) is 10.4. The van der Waals surface area contributed by atoms with E-state index in [9.17, 15) is 8.42 Å². The number of rotatable bonds is 4. The average Bonchev–Trinajstić information content (AvgIpc) is 2.54. The molecular weight excluding hydrogens is 319 g/mol. The molecule has 0 heterocycles. The van der Waals surface area contributed by atoms with Gasteiger partial charge in [0, 0.05) is 0 Å². The van der Waals surface area contributed by atoms with Crippen LogP contribution in [0.4, 0.5) is 0 Å². The summed E-state index contributed by atoms with van der Waals surface area (Å²) in [5.74, 6) is 0. The Kier molecular flexibility index (Phi) is 10.5. The van der Waals surface area contributed by atoms with Gasteiger partial charge in [0.2, 0.25) is 0 Å². The quantitative estimate of drug-likeness (QED) is 0.680. The summed E-state index contributed by atoms with van der Waals surface area (Å²) >= 11 is 0. The molecule has 2 aromatic rings. The molecule has 0 radical (unpaired) electrons. The zero-order chi connectivity index (χ0) is 16.4. The molecule has 0 saturated heterocycles. The van der Waals surface area contributed by atoms with Crippen molar-refractivity contribution in [2.75, 3.05) is 0 Å². The van der Waals surface area contributed by atoms with E-state index in [1.54, 1.807) is 24.3 Å². The maximum atomic E-state index is 10.3.